The Bertz CT molecular complexity index is 2670. The molecule has 0 saturated carbocycles. The first-order chi connectivity index (χ1) is 22.1. The SMILES string of the molecule is CC1(C)c2ccccc2-c2c(-c3ccc(-n4c5ccccc5c5c6ccccc6c6c7ccccc7sc6c54)cc3)cccc21. The number of para-hydroxylation sites is 1. The fourth-order valence-electron chi connectivity index (χ4n) is 8.18. The lowest BCUT2D eigenvalue weighted by Gasteiger charge is -2.21. The number of hydrogen-bond acceptors (Lipinski definition) is 1. The van der Waals surface area contributed by atoms with Crippen molar-refractivity contribution in [1.82, 2.24) is 4.57 Å². The van der Waals surface area contributed by atoms with E-state index in [0.717, 1.165) is 0 Å². The lowest BCUT2D eigenvalue weighted by Crippen LogP contribution is -2.14. The van der Waals surface area contributed by atoms with Crippen molar-refractivity contribution in [1.29, 1.82) is 0 Å². The van der Waals surface area contributed by atoms with Crippen LogP contribution in [0.2, 0.25) is 0 Å². The highest BCUT2D eigenvalue weighted by molar-refractivity contribution is 7.27. The van der Waals surface area contributed by atoms with Crippen molar-refractivity contribution in [2.75, 3.05) is 0 Å². The first-order valence-corrected chi connectivity index (χ1v) is 16.5. The zero-order valence-electron chi connectivity index (χ0n) is 25.1. The van der Waals surface area contributed by atoms with Crippen molar-refractivity contribution < 1.29 is 0 Å². The molecular weight excluding hydrogens is 563 g/mol. The molecule has 0 amide bonds. The molecule has 0 bridgehead atoms. The topological polar surface area (TPSA) is 4.93 Å². The van der Waals surface area contributed by atoms with Crippen molar-refractivity contribution >= 4 is 64.1 Å². The highest BCUT2D eigenvalue weighted by atomic mass is 32.1. The summed E-state index contributed by atoms with van der Waals surface area (Å²) < 4.78 is 5.19. The van der Waals surface area contributed by atoms with Crippen LogP contribution >= 0.6 is 11.3 Å². The van der Waals surface area contributed by atoms with Gasteiger partial charge >= 0.3 is 0 Å². The predicted octanol–water partition coefficient (Wildman–Crippen LogP) is 12.3. The molecule has 2 heterocycles. The van der Waals surface area contributed by atoms with Gasteiger partial charge in [-0.3, -0.25) is 0 Å². The Balaban J connectivity index is 1.26. The van der Waals surface area contributed by atoms with Crippen molar-refractivity contribution in [3.63, 3.8) is 0 Å². The number of hydrogen-bond donors (Lipinski definition) is 0. The standard InChI is InChI=1S/C43H29NS/c1-43(2)34-18-8-5-14-31(34)38-28(17-11-19-35(38)43)26-22-24-27(25-23-26)44-36-20-9-6-15-32(36)39-29-12-3-4-13-30(29)40-33-16-7-10-21-37(33)45-42(40)41(39)44/h3-25H,1-2H3. The third kappa shape index (κ3) is 3.27. The van der Waals surface area contributed by atoms with Gasteiger partial charge in [0.25, 0.3) is 0 Å². The van der Waals surface area contributed by atoms with Gasteiger partial charge in [-0.2, -0.15) is 0 Å². The van der Waals surface area contributed by atoms with E-state index in [1.165, 1.54) is 91.8 Å². The van der Waals surface area contributed by atoms with Crippen LogP contribution in [0.25, 0.3) is 80.7 Å². The molecule has 10 rings (SSSR count). The van der Waals surface area contributed by atoms with Crippen LogP contribution in [0.15, 0.2) is 140 Å². The molecule has 9 aromatic rings. The molecule has 0 radical (unpaired) electrons. The molecule has 0 aliphatic heterocycles. The number of thiophene rings is 1. The van der Waals surface area contributed by atoms with Gasteiger partial charge < -0.3 is 4.57 Å². The van der Waals surface area contributed by atoms with Gasteiger partial charge in [-0.05, 0) is 68.4 Å². The molecule has 0 saturated heterocycles. The van der Waals surface area contributed by atoms with E-state index in [1.807, 2.05) is 11.3 Å². The van der Waals surface area contributed by atoms with Crippen molar-refractivity contribution in [3.05, 3.63) is 151 Å². The minimum absolute atomic E-state index is 0.0107. The Labute approximate surface area is 265 Å². The quantitative estimate of drug-likeness (QED) is 0.188. The van der Waals surface area contributed by atoms with Crippen LogP contribution < -0.4 is 0 Å². The Morgan fingerprint density at radius 1 is 0.511 bits per heavy atom. The smallest absolute Gasteiger partial charge is 0.0726 e. The summed E-state index contributed by atoms with van der Waals surface area (Å²) in [5.74, 6) is 0. The third-order valence-electron chi connectivity index (χ3n) is 10.2. The van der Waals surface area contributed by atoms with E-state index in [0.29, 0.717) is 0 Å². The summed E-state index contributed by atoms with van der Waals surface area (Å²) in [5.41, 5.74) is 11.8. The minimum atomic E-state index is -0.0107. The zero-order valence-corrected chi connectivity index (χ0v) is 26.0. The number of aromatic nitrogens is 1. The maximum absolute atomic E-state index is 2.51. The van der Waals surface area contributed by atoms with E-state index in [-0.39, 0.29) is 5.41 Å². The average Bonchev–Trinajstić information content (AvgIpc) is 3.72. The summed E-state index contributed by atoms with van der Waals surface area (Å²) in [7, 11) is 0. The Hall–Kier alpha value is -5.18. The molecular formula is C43H29NS. The van der Waals surface area contributed by atoms with Crippen LogP contribution in [0.3, 0.4) is 0 Å². The van der Waals surface area contributed by atoms with E-state index >= 15 is 0 Å². The van der Waals surface area contributed by atoms with E-state index in [1.54, 1.807) is 0 Å². The number of benzene rings is 7. The van der Waals surface area contributed by atoms with Crippen LogP contribution in [0.4, 0.5) is 0 Å². The maximum Gasteiger partial charge on any atom is 0.0726 e. The van der Waals surface area contributed by atoms with Crippen LogP contribution in [0.5, 0.6) is 0 Å². The Morgan fingerprint density at radius 3 is 1.96 bits per heavy atom. The van der Waals surface area contributed by atoms with Gasteiger partial charge in [-0.1, -0.05) is 129 Å². The molecule has 1 aliphatic rings. The Morgan fingerprint density at radius 2 is 1.13 bits per heavy atom. The summed E-state index contributed by atoms with van der Waals surface area (Å²) in [6.07, 6.45) is 0. The monoisotopic (exact) mass is 591 g/mol. The summed E-state index contributed by atoms with van der Waals surface area (Å²) >= 11 is 1.92. The normalized spacial score (nSPS) is 13.7. The fourth-order valence-corrected chi connectivity index (χ4v) is 9.44. The Kier molecular flexibility index (Phi) is 5.00. The second-order valence-corrected chi connectivity index (χ2v) is 13.9. The van der Waals surface area contributed by atoms with Gasteiger partial charge in [0.05, 0.1) is 15.7 Å². The third-order valence-corrected chi connectivity index (χ3v) is 11.4. The van der Waals surface area contributed by atoms with Gasteiger partial charge in [-0.25, -0.2) is 0 Å². The lowest BCUT2D eigenvalue weighted by molar-refractivity contribution is 0.660. The fraction of sp³-hybridized carbons (Fsp3) is 0.0698. The molecule has 0 fully saturated rings. The van der Waals surface area contributed by atoms with Crippen molar-refractivity contribution in [2.45, 2.75) is 19.3 Å². The molecule has 2 aromatic heterocycles. The van der Waals surface area contributed by atoms with Crippen LogP contribution in [0.1, 0.15) is 25.0 Å². The van der Waals surface area contributed by atoms with Gasteiger partial charge in [0.15, 0.2) is 0 Å². The average molecular weight is 592 g/mol. The molecule has 1 aliphatic carbocycles. The van der Waals surface area contributed by atoms with Crippen LogP contribution in [-0.2, 0) is 5.41 Å². The largest absolute Gasteiger partial charge is 0.308 e. The lowest BCUT2D eigenvalue weighted by atomic mass is 9.82. The first kappa shape index (κ1) is 25.2. The molecule has 45 heavy (non-hydrogen) atoms. The molecule has 7 aromatic carbocycles. The summed E-state index contributed by atoms with van der Waals surface area (Å²) in [5, 5.41) is 7.98. The molecule has 1 nitrogen and oxygen atoms in total. The van der Waals surface area contributed by atoms with Crippen molar-refractivity contribution in [3.8, 4) is 27.9 Å². The zero-order chi connectivity index (χ0) is 29.9. The molecule has 0 unspecified atom stereocenters. The summed E-state index contributed by atoms with van der Waals surface area (Å²) in [6.45, 7) is 4.70. The van der Waals surface area contributed by atoms with Crippen LogP contribution in [-0.4, -0.2) is 4.57 Å². The highest BCUT2D eigenvalue weighted by Crippen LogP contribution is 2.52. The molecule has 2 heteroatoms. The van der Waals surface area contributed by atoms with E-state index in [2.05, 4.69) is 158 Å². The highest BCUT2D eigenvalue weighted by Gasteiger charge is 2.36. The minimum Gasteiger partial charge on any atom is -0.308 e. The van der Waals surface area contributed by atoms with Gasteiger partial charge in [0.1, 0.15) is 0 Å². The maximum atomic E-state index is 2.51. The van der Waals surface area contributed by atoms with Crippen LogP contribution in [0, 0.1) is 0 Å². The molecule has 0 N–H and O–H groups in total. The summed E-state index contributed by atoms with van der Waals surface area (Å²) in [4.78, 5) is 0. The summed E-state index contributed by atoms with van der Waals surface area (Å²) in [6, 6.07) is 51.8. The number of rotatable bonds is 2. The van der Waals surface area contributed by atoms with Gasteiger partial charge in [0.2, 0.25) is 0 Å². The van der Waals surface area contributed by atoms with E-state index in [9.17, 15) is 0 Å². The second kappa shape index (κ2) is 8.94. The predicted molar refractivity (Wildman–Crippen MR) is 194 cm³/mol. The molecule has 212 valence electrons. The number of nitrogens with zero attached hydrogens (tertiary/aromatic N) is 1. The number of fused-ring (bicyclic) bond motifs is 13. The molecule has 0 spiro atoms. The van der Waals surface area contributed by atoms with E-state index < -0.39 is 0 Å². The van der Waals surface area contributed by atoms with Gasteiger partial charge in [0, 0.05) is 37.3 Å². The molecule has 0 atom stereocenters. The second-order valence-electron chi connectivity index (χ2n) is 12.9. The van der Waals surface area contributed by atoms with Crippen molar-refractivity contribution in [2.24, 2.45) is 0 Å². The van der Waals surface area contributed by atoms with E-state index in [4.69, 9.17) is 0 Å². The first-order valence-electron chi connectivity index (χ1n) is 15.7. The van der Waals surface area contributed by atoms with Gasteiger partial charge in [-0.15, -0.1) is 11.3 Å².